The van der Waals surface area contributed by atoms with E-state index in [1.807, 2.05) is 19.1 Å². The minimum atomic E-state index is -0.0346. The molecule has 1 aromatic carbocycles. The molecule has 1 amide bonds. The summed E-state index contributed by atoms with van der Waals surface area (Å²) in [5.41, 5.74) is 8.29. The summed E-state index contributed by atoms with van der Waals surface area (Å²) >= 11 is 1.61. The molecule has 0 unspecified atom stereocenters. The molecule has 0 fully saturated rings. The number of nitrogen functional groups attached to an aromatic ring is 1. The number of nitrogens with one attached hydrogen (secondary N) is 2. The summed E-state index contributed by atoms with van der Waals surface area (Å²) in [5, 5.41) is 6.93. The van der Waals surface area contributed by atoms with Gasteiger partial charge in [0.2, 0.25) is 5.91 Å². The lowest BCUT2D eigenvalue weighted by molar-refractivity contribution is -0.119. The van der Waals surface area contributed by atoms with Crippen LogP contribution in [0, 0.1) is 12.8 Å². The summed E-state index contributed by atoms with van der Waals surface area (Å²) in [5.74, 6) is 0.408. The van der Waals surface area contributed by atoms with E-state index in [1.165, 1.54) is 0 Å². The number of aryl methyl sites for hydroxylation is 1. The van der Waals surface area contributed by atoms with Crippen LogP contribution in [0.4, 0.5) is 11.4 Å². The van der Waals surface area contributed by atoms with Crippen molar-refractivity contribution in [3.05, 3.63) is 17.1 Å². The van der Waals surface area contributed by atoms with Gasteiger partial charge in [-0.3, -0.25) is 4.79 Å². The van der Waals surface area contributed by atoms with Crippen LogP contribution >= 0.6 is 11.3 Å². The molecule has 1 heterocycles. The van der Waals surface area contributed by atoms with Gasteiger partial charge < -0.3 is 16.4 Å². The molecule has 5 nitrogen and oxygen atoms in total. The van der Waals surface area contributed by atoms with Gasteiger partial charge in [0.15, 0.2) is 0 Å². The van der Waals surface area contributed by atoms with Crippen LogP contribution in [0.5, 0.6) is 0 Å². The summed E-state index contributed by atoms with van der Waals surface area (Å²) in [6, 6.07) is 3.79. The highest BCUT2D eigenvalue weighted by Crippen LogP contribution is 2.29. The molecule has 20 heavy (non-hydrogen) atoms. The van der Waals surface area contributed by atoms with Crippen molar-refractivity contribution >= 4 is 38.8 Å². The normalized spacial score (nSPS) is 11.0. The molecule has 0 aliphatic carbocycles. The molecule has 0 saturated heterocycles. The Bertz CT molecular complexity index is 621. The van der Waals surface area contributed by atoms with Gasteiger partial charge >= 0.3 is 0 Å². The molecule has 0 atom stereocenters. The average Bonchev–Trinajstić information content (AvgIpc) is 2.72. The summed E-state index contributed by atoms with van der Waals surface area (Å²) in [6.07, 6.45) is 0. The number of aromatic nitrogens is 1. The minimum Gasteiger partial charge on any atom is -0.397 e. The second kappa shape index (κ2) is 6.09. The van der Waals surface area contributed by atoms with Crippen molar-refractivity contribution in [2.75, 3.05) is 24.1 Å². The third kappa shape index (κ3) is 3.60. The van der Waals surface area contributed by atoms with Crippen LogP contribution in [-0.4, -0.2) is 24.0 Å². The van der Waals surface area contributed by atoms with Gasteiger partial charge in [0.25, 0.3) is 0 Å². The van der Waals surface area contributed by atoms with Crippen LogP contribution in [0.1, 0.15) is 18.9 Å². The van der Waals surface area contributed by atoms with Crippen molar-refractivity contribution < 1.29 is 4.79 Å². The van der Waals surface area contributed by atoms with E-state index in [0.717, 1.165) is 20.9 Å². The number of hydrogen-bond donors (Lipinski definition) is 3. The Hall–Kier alpha value is -1.82. The maximum Gasteiger partial charge on any atom is 0.239 e. The van der Waals surface area contributed by atoms with E-state index in [-0.39, 0.29) is 12.5 Å². The molecular formula is C14H20N4OS. The fourth-order valence-electron chi connectivity index (χ4n) is 1.81. The van der Waals surface area contributed by atoms with E-state index in [2.05, 4.69) is 29.5 Å². The van der Waals surface area contributed by atoms with E-state index in [9.17, 15) is 4.79 Å². The first-order valence-corrected chi connectivity index (χ1v) is 7.44. The Labute approximate surface area is 122 Å². The summed E-state index contributed by atoms with van der Waals surface area (Å²) < 4.78 is 1.06. The second-order valence-electron chi connectivity index (χ2n) is 5.19. The van der Waals surface area contributed by atoms with Crippen molar-refractivity contribution in [3.8, 4) is 0 Å². The third-order valence-corrected chi connectivity index (χ3v) is 3.75. The summed E-state index contributed by atoms with van der Waals surface area (Å²) in [7, 11) is 0. The molecule has 0 spiro atoms. The van der Waals surface area contributed by atoms with Crippen LogP contribution in [0.15, 0.2) is 12.1 Å². The molecular weight excluding hydrogens is 272 g/mol. The van der Waals surface area contributed by atoms with Gasteiger partial charge in [0.05, 0.1) is 33.1 Å². The van der Waals surface area contributed by atoms with Crippen molar-refractivity contribution in [2.45, 2.75) is 20.8 Å². The number of carbonyl (C=O) groups is 1. The molecule has 0 saturated carbocycles. The Morgan fingerprint density at radius 3 is 2.90 bits per heavy atom. The molecule has 0 aliphatic rings. The fourth-order valence-corrected chi connectivity index (χ4v) is 2.67. The second-order valence-corrected chi connectivity index (χ2v) is 6.43. The van der Waals surface area contributed by atoms with Crippen LogP contribution in [0.3, 0.4) is 0 Å². The maximum atomic E-state index is 11.7. The van der Waals surface area contributed by atoms with Gasteiger partial charge in [-0.1, -0.05) is 13.8 Å². The van der Waals surface area contributed by atoms with Crippen molar-refractivity contribution in [2.24, 2.45) is 5.92 Å². The van der Waals surface area contributed by atoms with E-state index in [0.29, 0.717) is 18.2 Å². The molecule has 108 valence electrons. The van der Waals surface area contributed by atoms with Crippen LogP contribution in [-0.2, 0) is 4.79 Å². The first kappa shape index (κ1) is 14.6. The van der Waals surface area contributed by atoms with E-state index in [1.54, 1.807) is 11.3 Å². The highest BCUT2D eigenvalue weighted by atomic mass is 32.1. The molecule has 0 bridgehead atoms. The smallest absolute Gasteiger partial charge is 0.239 e. The van der Waals surface area contributed by atoms with Crippen LogP contribution < -0.4 is 16.4 Å². The predicted molar refractivity (Wildman–Crippen MR) is 85.1 cm³/mol. The van der Waals surface area contributed by atoms with E-state index in [4.69, 9.17) is 5.73 Å². The first-order valence-electron chi connectivity index (χ1n) is 6.63. The lowest BCUT2D eigenvalue weighted by atomic mass is 10.2. The number of hydrogen-bond acceptors (Lipinski definition) is 5. The molecule has 2 aromatic rings. The lowest BCUT2D eigenvalue weighted by Crippen LogP contribution is -2.32. The number of nitrogens with zero attached hydrogens (tertiary/aromatic N) is 1. The van der Waals surface area contributed by atoms with Crippen LogP contribution in [0.25, 0.3) is 10.2 Å². The molecule has 0 radical (unpaired) electrons. The third-order valence-electron chi connectivity index (χ3n) is 2.81. The zero-order chi connectivity index (χ0) is 14.7. The van der Waals surface area contributed by atoms with Crippen molar-refractivity contribution in [1.29, 1.82) is 0 Å². The summed E-state index contributed by atoms with van der Waals surface area (Å²) in [4.78, 5) is 16.1. The number of fused-ring (bicyclic) bond motifs is 1. The zero-order valence-electron chi connectivity index (χ0n) is 12.0. The number of nitrogens with two attached hydrogens (primary N) is 1. The number of amides is 1. The average molecular weight is 292 g/mol. The molecule has 1 aromatic heterocycles. The lowest BCUT2D eigenvalue weighted by Gasteiger charge is -2.11. The fraction of sp³-hybridized carbons (Fsp3) is 0.429. The minimum absolute atomic E-state index is 0.0346. The quantitative estimate of drug-likeness (QED) is 0.739. The number of thiazole rings is 1. The zero-order valence-corrected chi connectivity index (χ0v) is 12.8. The number of anilines is 2. The van der Waals surface area contributed by atoms with E-state index >= 15 is 0 Å². The van der Waals surface area contributed by atoms with Gasteiger partial charge in [0, 0.05) is 6.54 Å². The molecule has 6 heteroatoms. The van der Waals surface area contributed by atoms with E-state index < -0.39 is 0 Å². The SMILES string of the molecule is Cc1nc2cc(NCC(=O)NCC(C)C)c(N)cc2s1. The van der Waals surface area contributed by atoms with Gasteiger partial charge in [-0.25, -0.2) is 4.98 Å². The Morgan fingerprint density at radius 2 is 2.20 bits per heavy atom. The van der Waals surface area contributed by atoms with Crippen molar-refractivity contribution in [1.82, 2.24) is 10.3 Å². The Morgan fingerprint density at radius 1 is 1.45 bits per heavy atom. The first-order chi connectivity index (χ1) is 9.45. The number of rotatable bonds is 5. The standard InChI is InChI=1S/C14H20N4OS/c1-8(2)6-17-14(19)7-16-11-5-12-13(4-10(11)15)20-9(3)18-12/h4-5,8,16H,6-7,15H2,1-3H3,(H,17,19). The van der Waals surface area contributed by atoms with Gasteiger partial charge in [-0.15, -0.1) is 11.3 Å². The molecule has 4 N–H and O–H groups in total. The van der Waals surface area contributed by atoms with Gasteiger partial charge in [-0.2, -0.15) is 0 Å². The van der Waals surface area contributed by atoms with Crippen molar-refractivity contribution in [3.63, 3.8) is 0 Å². The number of benzene rings is 1. The van der Waals surface area contributed by atoms with Gasteiger partial charge in [0.1, 0.15) is 0 Å². The molecule has 2 rings (SSSR count). The highest BCUT2D eigenvalue weighted by molar-refractivity contribution is 7.18. The topological polar surface area (TPSA) is 80.0 Å². The highest BCUT2D eigenvalue weighted by Gasteiger charge is 2.08. The van der Waals surface area contributed by atoms with Crippen LogP contribution in [0.2, 0.25) is 0 Å². The maximum absolute atomic E-state index is 11.7. The Balaban J connectivity index is 2.02. The Kier molecular flexibility index (Phi) is 4.44. The summed E-state index contributed by atoms with van der Waals surface area (Å²) in [6.45, 7) is 6.98. The van der Waals surface area contributed by atoms with Gasteiger partial charge in [-0.05, 0) is 25.0 Å². The predicted octanol–water partition coefficient (Wildman–Crippen LogP) is 2.37. The molecule has 0 aliphatic heterocycles. The number of carbonyl (C=O) groups excluding carboxylic acids is 1. The monoisotopic (exact) mass is 292 g/mol. The largest absolute Gasteiger partial charge is 0.397 e.